The molecule has 88 valence electrons. The number of rotatable bonds is 4. The van der Waals surface area contributed by atoms with Crippen LogP contribution in [0.4, 0.5) is 0 Å². The molecule has 1 heterocycles. The highest BCUT2D eigenvalue weighted by atomic mass is 16.5. The zero-order chi connectivity index (χ0) is 11.5. The Balaban J connectivity index is 2.77. The average molecular weight is 212 g/mol. The topological polar surface area (TPSA) is 38.5 Å². The average Bonchev–Trinajstić information content (AvgIpc) is 2.28. The highest BCUT2D eigenvalue weighted by Gasteiger charge is 2.37. The molecule has 0 radical (unpaired) electrons. The largest absolute Gasteiger partial charge is 0.379 e. The van der Waals surface area contributed by atoms with Crippen LogP contribution in [0, 0.1) is 0 Å². The fourth-order valence-corrected chi connectivity index (χ4v) is 2.25. The third-order valence-corrected chi connectivity index (χ3v) is 3.65. The quantitative estimate of drug-likeness (QED) is 0.716. The third-order valence-electron chi connectivity index (χ3n) is 3.65. The van der Waals surface area contributed by atoms with E-state index in [0.29, 0.717) is 0 Å². The molecule has 2 N–H and O–H groups in total. The van der Waals surface area contributed by atoms with E-state index < -0.39 is 0 Å². The van der Waals surface area contributed by atoms with Crippen molar-refractivity contribution >= 4 is 0 Å². The van der Waals surface area contributed by atoms with Crippen LogP contribution in [0.3, 0.4) is 0 Å². The van der Waals surface area contributed by atoms with Crippen molar-refractivity contribution in [1.29, 1.82) is 0 Å². The Morgan fingerprint density at radius 3 is 2.47 bits per heavy atom. The zero-order valence-electron chi connectivity index (χ0n) is 10.3. The Hall–Kier alpha value is -0.380. The summed E-state index contributed by atoms with van der Waals surface area (Å²) in [6, 6.07) is 0.0422. The summed E-state index contributed by atoms with van der Waals surface area (Å²) in [4.78, 5) is 2.44. The lowest BCUT2D eigenvalue weighted by Gasteiger charge is -2.46. The minimum absolute atomic E-state index is 0.0234. The second-order valence-corrected chi connectivity index (χ2v) is 4.63. The van der Waals surface area contributed by atoms with Crippen LogP contribution in [0.1, 0.15) is 27.2 Å². The maximum absolute atomic E-state index is 6.25. The first-order chi connectivity index (χ1) is 7.02. The van der Waals surface area contributed by atoms with Crippen molar-refractivity contribution in [1.82, 2.24) is 4.90 Å². The summed E-state index contributed by atoms with van der Waals surface area (Å²) in [5, 5.41) is 0. The Labute approximate surface area is 93.3 Å². The molecule has 1 saturated heterocycles. The number of ether oxygens (including phenoxy) is 1. The molecule has 1 aliphatic rings. The number of hydrogen-bond donors (Lipinski definition) is 1. The van der Waals surface area contributed by atoms with E-state index in [1.54, 1.807) is 0 Å². The molecule has 0 aromatic heterocycles. The summed E-state index contributed by atoms with van der Waals surface area (Å²) in [7, 11) is 0. The lowest BCUT2D eigenvalue weighted by Crippen LogP contribution is -2.60. The van der Waals surface area contributed by atoms with Gasteiger partial charge in [-0.1, -0.05) is 19.1 Å². The van der Waals surface area contributed by atoms with Gasteiger partial charge in [-0.15, -0.1) is 0 Å². The van der Waals surface area contributed by atoms with Crippen molar-refractivity contribution in [2.45, 2.75) is 38.8 Å². The SMILES string of the molecule is C=C(C)C(N)C(C)(CC)N1CCOCC1. The normalized spacial score (nSPS) is 24.5. The molecule has 0 aliphatic carbocycles. The van der Waals surface area contributed by atoms with Crippen LogP contribution in [-0.4, -0.2) is 42.8 Å². The molecule has 3 nitrogen and oxygen atoms in total. The van der Waals surface area contributed by atoms with Crippen molar-refractivity contribution in [2.24, 2.45) is 5.73 Å². The molecular weight excluding hydrogens is 188 g/mol. The Kier molecular flexibility index (Phi) is 4.32. The van der Waals surface area contributed by atoms with Crippen LogP contribution >= 0.6 is 0 Å². The van der Waals surface area contributed by atoms with Gasteiger partial charge in [0.25, 0.3) is 0 Å². The molecule has 0 amide bonds. The second kappa shape index (κ2) is 5.10. The molecule has 0 bridgehead atoms. The van der Waals surface area contributed by atoms with Gasteiger partial charge >= 0.3 is 0 Å². The van der Waals surface area contributed by atoms with Crippen molar-refractivity contribution in [3.05, 3.63) is 12.2 Å². The van der Waals surface area contributed by atoms with E-state index in [9.17, 15) is 0 Å². The first-order valence-corrected chi connectivity index (χ1v) is 5.76. The van der Waals surface area contributed by atoms with Crippen LogP contribution in [0.25, 0.3) is 0 Å². The van der Waals surface area contributed by atoms with E-state index in [4.69, 9.17) is 10.5 Å². The molecular formula is C12H24N2O. The Bertz CT molecular complexity index is 224. The van der Waals surface area contributed by atoms with Gasteiger partial charge in [-0.05, 0) is 20.3 Å². The molecule has 15 heavy (non-hydrogen) atoms. The standard InChI is InChI=1S/C12H24N2O/c1-5-12(4,11(13)10(2)3)14-6-8-15-9-7-14/h11H,2,5-9,13H2,1,3-4H3. The Morgan fingerprint density at radius 1 is 1.53 bits per heavy atom. The van der Waals surface area contributed by atoms with Gasteiger partial charge < -0.3 is 10.5 Å². The van der Waals surface area contributed by atoms with Crippen LogP contribution < -0.4 is 5.73 Å². The fourth-order valence-electron chi connectivity index (χ4n) is 2.25. The van der Waals surface area contributed by atoms with Gasteiger partial charge in [0.05, 0.1) is 13.2 Å². The van der Waals surface area contributed by atoms with Gasteiger partial charge in [-0.2, -0.15) is 0 Å². The molecule has 0 aromatic rings. The molecule has 1 fully saturated rings. The molecule has 0 spiro atoms. The number of nitrogens with zero attached hydrogens (tertiary/aromatic N) is 1. The minimum atomic E-state index is 0.0234. The monoisotopic (exact) mass is 212 g/mol. The van der Waals surface area contributed by atoms with E-state index >= 15 is 0 Å². The highest BCUT2D eigenvalue weighted by molar-refractivity contribution is 5.12. The first kappa shape index (κ1) is 12.7. The van der Waals surface area contributed by atoms with E-state index in [0.717, 1.165) is 38.3 Å². The van der Waals surface area contributed by atoms with Gasteiger partial charge in [-0.25, -0.2) is 0 Å². The van der Waals surface area contributed by atoms with Gasteiger partial charge in [0, 0.05) is 24.7 Å². The summed E-state index contributed by atoms with van der Waals surface area (Å²) < 4.78 is 5.37. The summed E-state index contributed by atoms with van der Waals surface area (Å²) >= 11 is 0. The van der Waals surface area contributed by atoms with Gasteiger partial charge in [0.15, 0.2) is 0 Å². The van der Waals surface area contributed by atoms with E-state index in [1.807, 2.05) is 6.92 Å². The number of morpholine rings is 1. The maximum atomic E-state index is 6.25. The lowest BCUT2D eigenvalue weighted by molar-refractivity contribution is -0.0232. The predicted octanol–water partition coefficient (Wildman–Crippen LogP) is 1.39. The van der Waals surface area contributed by atoms with Crippen molar-refractivity contribution in [2.75, 3.05) is 26.3 Å². The van der Waals surface area contributed by atoms with Crippen LogP contribution in [0.15, 0.2) is 12.2 Å². The molecule has 1 aliphatic heterocycles. The predicted molar refractivity (Wildman–Crippen MR) is 63.9 cm³/mol. The fraction of sp³-hybridized carbons (Fsp3) is 0.833. The number of nitrogens with two attached hydrogens (primary N) is 1. The molecule has 3 heteroatoms. The lowest BCUT2D eigenvalue weighted by atomic mass is 9.84. The first-order valence-electron chi connectivity index (χ1n) is 5.76. The van der Waals surface area contributed by atoms with Crippen molar-refractivity contribution in [3.63, 3.8) is 0 Å². The van der Waals surface area contributed by atoms with Gasteiger partial charge in [0.2, 0.25) is 0 Å². The van der Waals surface area contributed by atoms with E-state index in [2.05, 4.69) is 25.3 Å². The molecule has 2 unspecified atom stereocenters. The summed E-state index contributed by atoms with van der Waals surface area (Å²) in [6.07, 6.45) is 1.04. The van der Waals surface area contributed by atoms with Crippen LogP contribution in [-0.2, 0) is 4.74 Å². The third kappa shape index (κ3) is 2.60. The van der Waals surface area contributed by atoms with Gasteiger partial charge in [-0.3, -0.25) is 4.90 Å². The van der Waals surface area contributed by atoms with Crippen LogP contribution in [0.2, 0.25) is 0 Å². The molecule has 0 aromatic carbocycles. The smallest absolute Gasteiger partial charge is 0.0594 e. The van der Waals surface area contributed by atoms with Gasteiger partial charge in [0.1, 0.15) is 0 Å². The van der Waals surface area contributed by atoms with Crippen LogP contribution in [0.5, 0.6) is 0 Å². The summed E-state index contributed by atoms with van der Waals surface area (Å²) in [5.41, 5.74) is 7.34. The second-order valence-electron chi connectivity index (χ2n) is 4.63. The zero-order valence-corrected chi connectivity index (χ0v) is 10.3. The van der Waals surface area contributed by atoms with Crippen molar-refractivity contribution in [3.8, 4) is 0 Å². The van der Waals surface area contributed by atoms with E-state index in [-0.39, 0.29) is 11.6 Å². The van der Waals surface area contributed by atoms with Crippen molar-refractivity contribution < 1.29 is 4.74 Å². The molecule has 1 rings (SSSR count). The molecule has 0 saturated carbocycles. The minimum Gasteiger partial charge on any atom is -0.379 e. The maximum Gasteiger partial charge on any atom is 0.0594 e. The number of hydrogen-bond acceptors (Lipinski definition) is 3. The Morgan fingerprint density at radius 2 is 2.07 bits per heavy atom. The van der Waals surface area contributed by atoms with E-state index in [1.165, 1.54) is 0 Å². The highest BCUT2D eigenvalue weighted by Crippen LogP contribution is 2.26. The molecule has 2 atom stereocenters. The summed E-state index contributed by atoms with van der Waals surface area (Å²) in [5.74, 6) is 0. The summed E-state index contributed by atoms with van der Waals surface area (Å²) in [6.45, 7) is 14.0.